The Hall–Kier alpha value is -2.19. The lowest BCUT2D eigenvalue weighted by Crippen LogP contribution is -2.07. The van der Waals surface area contributed by atoms with Crippen molar-refractivity contribution in [3.63, 3.8) is 0 Å². The number of halogens is 2. The van der Waals surface area contributed by atoms with Crippen LogP contribution in [0.15, 0.2) is 46.9 Å². The summed E-state index contributed by atoms with van der Waals surface area (Å²) in [5, 5.41) is 8.77. The Kier molecular flexibility index (Phi) is 4.49. The summed E-state index contributed by atoms with van der Waals surface area (Å²) < 4.78 is 19.2. The molecule has 0 amide bonds. The average Bonchev–Trinajstić information content (AvgIpc) is 2.45. The normalized spacial score (nSPS) is 9.85. The molecule has 0 N–H and O–H groups in total. The first-order valence-electron chi connectivity index (χ1n) is 5.71. The van der Waals surface area contributed by atoms with Crippen molar-refractivity contribution in [2.24, 2.45) is 0 Å². The quantitative estimate of drug-likeness (QED) is 0.802. The molecule has 5 heteroatoms. The number of rotatable bonds is 3. The number of nitrogens with zero attached hydrogens (tertiary/aromatic N) is 1. The summed E-state index contributed by atoms with van der Waals surface area (Å²) >= 11 is 3.11. The Morgan fingerprint density at radius 2 is 2.10 bits per heavy atom. The average molecular weight is 334 g/mol. The van der Waals surface area contributed by atoms with Crippen LogP contribution in [0.3, 0.4) is 0 Å². The second-order valence-electron chi connectivity index (χ2n) is 4.01. The van der Waals surface area contributed by atoms with Crippen molar-refractivity contribution >= 4 is 21.9 Å². The van der Waals surface area contributed by atoms with E-state index in [1.54, 1.807) is 30.3 Å². The van der Waals surface area contributed by atoms with E-state index in [1.165, 1.54) is 12.1 Å². The second-order valence-corrected chi connectivity index (χ2v) is 4.93. The third-order valence-corrected chi connectivity index (χ3v) is 3.07. The summed E-state index contributed by atoms with van der Waals surface area (Å²) in [5.41, 5.74) is 1.04. The van der Waals surface area contributed by atoms with Gasteiger partial charge in [-0.1, -0.05) is 28.1 Å². The minimum Gasteiger partial charge on any atom is -0.457 e. The molecule has 0 saturated carbocycles. The minimum absolute atomic E-state index is 0.0101. The molecule has 2 aromatic carbocycles. The Morgan fingerprint density at radius 3 is 2.80 bits per heavy atom. The fraction of sp³-hybridized carbons (Fsp3) is 0.0667. The standard InChI is InChI=1S/C15H9BrFNO2/c16-12-4-5-13(14(17)7-12)15(19)20-9-11-3-1-2-10(6-11)8-18/h1-7H,9H2. The van der Waals surface area contributed by atoms with Crippen LogP contribution in [-0.2, 0) is 11.3 Å². The lowest BCUT2D eigenvalue weighted by molar-refractivity contribution is 0.0467. The molecule has 0 unspecified atom stereocenters. The first-order chi connectivity index (χ1) is 9.60. The minimum atomic E-state index is -0.739. The summed E-state index contributed by atoms with van der Waals surface area (Å²) in [6.07, 6.45) is 0. The van der Waals surface area contributed by atoms with Gasteiger partial charge in [-0.15, -0.1) is 0 Å². The van der Waals surface area contributed by atoms with Crippen molar-refractivity contribution in [3.8, 4) is 6.07 Å². The van der Waals surface area contributed by atoms with Crippen molar-refractivity contribution in [3.05, 3.63) is 69.4 Å². The molecular formula is C15H9BrFNO2. The zero-order chi connectivity index (χ0) is 14.5. The van der Waals surface area contributed by atoms with Crippen molar-refractivity contribution < 1.29 is 13.9 Å². The van der Waals surface area contributed by atoms with E-state index in [4.69, 9.17) is 10.00 Å². The number of benzene rings is 2. The number of carbonyl (C=O) groups is 1. The molecule has 0 heterocycles. The van der Waals surface area contributed by atoms with Crippen molar-refractivity contribution in [2.75, 3.05) is 0 Å². The number of nitriles is 1. The largest absolute Gasteiger partial charge is 0.457 e. The van der Waals surface area contributed by atoms with Gasteiger partial charge in [0.1, 0.15) is 12.4 Å². The number of ether oxygens (including phenoxy) is 1. The molecule has 0 aliphatic carbocycles. The Bertz CT molecular complexity index is 695. The van der Waals surface area contributed by atoms with Gasteiger partial charge >= 0.3 is 5.97 Å². The lowest BCUT2D eigenvalue weighted by Gasteiger charge is -2.06. The predicted octanol–water partition coefficient (Wildman–Crippen LogP) is 3.82. The summed E-state index contributed by atoms with van der Waals surface area (Å²) in [6, 6.07) is 12.8. The predicted molar refractivity (Wildman–Crippen MR) is 74.4 cm³/mol. The van der Waals surface area contributed by atoms with Crippen molar-refractivity contribution in [1.82, 2.24) is 0 Å². The monoisotopic (exact) mass is 333 g/mol. The SMILES string of the molecule is N#Cc1cccc(COC(=O)c2ccc(Br)cc2F)c1. The molecule has 3 nitrogen and oxygen atoms in total. The summed E-state index contributed by atoms with van der Waals surface area (Å²) in [7, 11) is 0. The molecule has 0 bridgehead atoms. The van der Waals surface area contributed by atoms with E-state index in [1.807, 2.05) is 6.07 Å². The van der Waals surface area contributed by atoms with Crippen LogP contribution in [0, 0.1) is 17.1 Å². The number of hydrogen-bond acceptors (Lipinski definition) is 3. The van der Waals surface area contributed by atoms with Gasteiger partial charge < -0.3 is 4.74 Å². The smallest absolute Gasteiger partial charge is 0.341 e. The third-order valence-electron chi connectivity index (χ3n) is 2.58. The third kappa shape index (κ3) is 3.43. The zero-order valence-corrected chi connectivity index (χ0v) is 11.9. The molecule has 20 heavy (non-hydrogen) atoms. The molecule has 0 radical (unpaired) electrons. The molecule has 0 atom stereocenters. The van der Waals surface area contributed by atoms with Gasteiger partial charge in [0.05, 0.1) is 17.2 Å². The number of hydrogen-bond donors (Lipinski definition) is 0. The molecule has 100 valence electrons. The van der Waals surface area contributed by atoms with Gasteiger partial charge in [-0.25, -0.2) is 9.18 Å². The highest BCUT2D eigenvalue weighted by Gasteiger charge is 2.13. The Labute approximate surface area is 123 Å². The first-order valence-corrected chi connectivity index (χ1v) is 6.50. The molecule has 0 aliphatic rings. The topological polar surface area (TPSA) is 50.1 Å². The van der Waals surface area contributed by atoms with E-state index in [0.29, 0.717) is 15.6 Å². The van der Waals surface area contributed by atoms with Crippen LogP contribution < -0.4 is 0 Å². The molecule has 0 fully saturated rings. The Morgan fingerprint density at radius 1 is 1.30 bits per heavy atom. The number of esters is 1. The van der Waals surface area contributed by atoms with Crippen LogP contribution in [0.25, 0.3) is 0 Å². The van der Waals surface area contributed by atoms with E-state index in [-0.39, 0.29) is 12.2 Å². The Balaban J connectivity index is 2.07. The van der Waals surface area contributed by atoms with Crippen molar-refractivity contribution in [1.29, 1.82) is 5.26 Å². The van der Waals surface area contributed by atoms with Gasteiger partial charge in [-0.05, 0) is 35.9 Å². The fourth-order valence-corrected chi connectivity index (χ4v) is 1.95. The van der Waals surface area contributed by atoms with E-state index < -0.39 is 11.8 Å². The van der Waals surface area contributed by atoms with Crippen LogP contribution in [0.2, 0.25) is 0 Å². The van der Waals surface area contributed by atoms with E-state index in [0.717, 1.165) is 0 Å². The first kappa shape index (κ1) is 14.2. The van der Waals surface area contributed by atoms with Gasteiger partial charge in [0.25, 0.3) is 0 Å². The lowest BCUT2D eigenvalue weighted by atomic mass is 10.1. The maximum Gasteiger partial charge on any atom is 0.341 e. The maximum atomic E-state index is 13.6. The van der Waals surface area contributed by atoms with Crippen molar-refractivity contribution in [2.45, 2.75) is 6.61 Å². The zero-order valence-electron chi connectivity index (χ0n) is 10.3. The summed E-state index contributed by atoms with van der Waals surface area (Å²) in [5.74, 6) is -1.38. The van der Waals surface area contributed by atoms with Crippen LogP contribution in [-0.4, -0.2) is 5.97 Å². The molecule has 2 rings (SSSR count). The van der Waals surface area contributed by atoms with Gasteiger partial charge in [0, 0.05) is 4.47 Å². The molecular weight excluding hydrogens is 325 g/mol. The van der Waals surface area contributed by atoms with Crippen LogP contribution in [0.4, 0.5) is 4.39 Å². The van der Waals surface area contributed by atoms with Crippen LogP contribution in [0.5, 0.6) is 0 Å². The van der Waals surface area contributed by atoms with Gasteiger partial charge in [-0.2, -0.15) is 5.26 Å². The second kappa shape index (κ2) is 6.31. The number of carbonyl (C=O) groups excluding carboxylic acids is 1. The maximum absolute atomic E-state index is 13.6. The van der Waals surface area contributed by atoms with Gasteiger partial charge in [-0.3, -0.25) is 0 Å². The van der Waals surface area contributed by atoms with Crippen LogP contribution in [0.1, 0.15) is 21.5 Å². The molecule has 0 spiro atoms. The van der Waals surface area contributed by atoms with E-state index >= 15 is 0 Å². The summed E-state index contributed by atoms with van der Waals surface area (Å²) in [4.78, 5) is 11.8. The highest BCUT2D eigenvalue weighted by molar-refractivity contribution is 9.10. The highest BCUT2D eigenvalue weighted by atomic mass is 79.9. The molecule has 0 saturated heterocycles. The molecule has 2 aromatic rings. The van der Waals surface area contributed by atoms with E-state index in [9.17, 15) is 9.18 Å². The van der Waals surface area contributed by atoms with Crippen LogP contribution >= 0.6 is 15.9 Å². The van der Waals surface area contributed by atoms with E-state index in [2.05, 4.69) is 15.9 Å². The molecule has 0 aromatic heterocycles. The summed E-state index contributed by atoms with van der Waals surface area (Å²) in [6.45, 7) is -0.0101. The van der Waals surface area contributed by atoms with Gasteiger partial charge in [0.2, 0.25) is 0 Å². The van der Waals surface area contributed by atoms with Gasteiger partial charge in [0.15, 0.2) is 0 Å². The molecule has 0 aliphatic heterocycles. The fourth-order valence-electron chi connectivity index (χ4n) is 1.61. The highest BCUT2D eigenvalue weighted by Crippen LogP contribution is 2.16.